The zero-order chi connectivity index (χ0) is 11.1. The predicted octanol–water partition coefficient (Wildman–Crippen LogP) is 1.78. The molecule has 0 aromatic rings. The van der Waals surface area contributed by atoms with Crippen molar-refractivity contribution in [1.29, 1.82) is 0 Å². The van der Waals surface area contributed by atoms with Crippen molar-refractivity contribution in [2.24, 2.45) is 0 Å². The molecule has 0 aromatic carbocycles. The Hall–Kier alpha value is -0.960. The van der Waals surface area contributed by atoms with E-state index in [1.165, 1.54) is 0 Å². The molecule has 2 rings (SSSR count). The van der Waals surface area contributed by atoms with Crippen LogP contribution in [-0.2, 0) is 9.59 Å². The Kier molecular flexibility index (Phi) is 2.51. The van der Waals surface area contributed by atoms with Crippen LogP contribution in [0.2, 0.25) is 0 Å². The second kappa shape index (κ2) is 3.56. The van der Waals surface area contributed by atoms with Crippen molar-refractivity contribution >= 4 is 11.8 Å². The monoisotopic (exact) mass is 208 g/mol. The lowest BCUT2D eigenvalue weighted by Crippen LogP contribution is -2.54. The van der Waals surface area contributed by atoms with Gasteiger partial charge in [-0.05, 0) is 39.5 Å². The molecule has 0 unspecified atom stereocenters. The summed E-state index contributed by atoms with van der Waals surface area (Å²) in [5.41, 5.74) is 1.36. The van der Waals surface area contributed by atoms with E-state index in [1.807, 2.05) is 0 Å². The number of quaternary nitrogens is 1. The summed E-state index contributed by atoms with van der Waals surface area (Å²) in [4.78, 5) is 24.3. The lowest BCUT2D eigenvalue weighted by molar-refractivity contribution is -0.771. The van der Waals surface area contributed by atoms with Crippen LogP contribution in [0.4, 0.5) is 0 Å². The maximum absolute atomic E-state index is 12.1. The molecule has 0 saturated carbocycles. The quantitative estimate of drug-likeness (QED) is 0.449. The fourth-order valence-electron chi connectivity index (χ4n) is 2.69. The number of amides is 2. The lowest BCUT2D eigenvalue weighted by atomic mass is 10.2. The summed E-state index contributed by atoms with van der Waals surface area (Å²) in [7, 11) is 0. The van der Waals surface area contributed by atoms with Gasteiger partial charge in [0.15, 0.2) is 0 Å². The average molecular weight is 208 g/mol. The highest BCUT2D eigenvalue weighted by Crippen LogP contribution is 2.31. The molecular weight excluding hydrogens is 190 g/mol. The fourth-order valence-corrected chi connectivity index (χ4v) is 2.69. The summed E-state index contributed by atoms with van der Waals surface area (Å²) in [6.07, 6.45) is 4.30. The van der Waals surface area contributed by atoms with E-state index in [-0.39, 0.29) is 16.3 Å². The van der Waals surface area contributed by atoms with Gasteiger partial charge in [0.1, 0.15) is 0 Å². The molecule has 2 heterocycles. The summed E-state index contributed by atoms with van der Waals surface area (Å²) < 4.78 is 0.0949. The Morgan fingerprint density at radius 1 is 0.800 bits per heavy atom. The highest BCUT2D eigenvalue weighted by atomic mass is 16.2. The van der Waals surface area contributed by atoms with E-state index in [0.717, 1.165) is 25.7 Å². The predicted molar refractivity (Wildman–Crippen MR) is 56.9 cm³/mol. The van der Waals surface area contributed by atoms with Gasteiger partial charge in [0, 0.05) is 0 Å². The molecule has 1 saturated heterocycles. The molecule has 0 radical (unpaired) electrons. The van der Waals surface area contributed by atoms with Crippen LogP contribution in [0.3, 0.4) is 0 Å². The SMILES string of the molecule is CC1=C(C)C(=O)[N+]2(CCCCCC2)C1=O. The number of carbonyl (C=O) groups is 2. The molecule has 2 aliphatic rings. The van der Waals surface area contributed by atoms with Crippen LogP contribution >= 0.6 is 0 Å². The third-order valence-corrected chi connectivity index (χ3v) is 3.81. The number of hydrogen-bond donors (Lipinski definition) is 0. The smallest absolute Gasteiger partial charge is 0.225 e. The first-order valence-corrected chi connectivity index (χ1v) is 5.74. The summed E-state index contributed by atoms with van der Waals surface area (Å²) >= 11 is 0. The van der Waals surface area contributed by atoms with Gasteiger partial charge in [0.05, 0.1) is 24.2 Å². The van der Waals surface area contributed by atoms with Crippen LogP contribution < -0.4 is 0 Å². The number of hydrogen-bond acceptors (Lipinski definition) is 2. The average Bonchev–Trinajstić information content (AvgIpc) is 2.49. The summed E-state index contributed by atoms with van der Waals surface area (Å²) in [5, 5.41) is 0. The van der Waals surface area contributed by atoms with Crippen molar-refractivity contribution in [2.45, 2.75) is 39.5 Å². The summed E-state index contributed by atoms with van der Waals surface area (Å²) in [6, 6.07) is 0. The molecule has 0 atom stereocenters. The Labute approximate surface area is 90.3 Å². The van der Waals surface area contributed by atoms with Crippen molar-refractivity contribution in [3.8, 4) is 0 Å². The van der Waals surface area contributed by atoms with Gasteiger partial charge in [-0.1, -0.05) is 0 Å². The highest BCUT2D eigenvalue weighted by Gasteiger charge is 2.51. The minimum atomic E-state index is 0.0550. The maximum Gasteiger partial charge on any atom is 0.349 e. The molecule has 1 fully saturated rings. The number of imide groups is 1. The maximum atomic E-state index is 12.1. The van der Waals surface area contributed by atoms with Crippen LogP contribution in [0.1, 0.15) is 39.5 Å². The normalized spacial score (nSPS) is 26.3. The van der Waals surface area contributed by atoms with Gasteiger partial charge in [0.2, 0.25) is 0 Å². The minimum absolute atomic E-state index is 0.0550. The zero-order valence-corrected chi connectivity index (χ0v) is 9.51. The molecular formula is C12H18NO2+. The summed E-state index contributed by atoms with van der Waals surface area (Å²) in [5.74, 6) is 0.110. The number of rotatable bonds is 0. The first-order chi connectivity index (χ1) is 7.09. The van der Waals surface area contributed by atoms with Crippen LogP contribution in [0, 0.1) is 0 Å². The Morgan fingerprint density at radius 2 is 1.20 bits per heavy atom. The highest BCUT2D eigenvalue weighted by molar-refractivity contribution is 6.10. The Balaban J connectivity index is 2.37. The van der Waals surface area contributed by atoms with Crippen molar-refractivity contribution in [1.82, 2.24) is 0 Å². The van der Waals surface area contributed by atoms with Gasteiger partial charge in [-0.3, -0.25) is 0 Å². The molecule has 0 aliphatic carbocycles. The Morgan fingerprint density at radius 3 is 1.60 bits per heavy atom. The molecule has 2 aliphatic heterocycles. The van der Waals surface area contributed by atoms with Crippen LogP contribution in [-0.4, -0.2) is 29.4 Å². The molecule has 3 nitrogen and oxygen atoms in total. The van der Waals surface area contributed by atoms with Gasteiger partial charge in [-0.2, -0.15) is 4.48 Å². The topological polar surface area (TPSA) is 34.1 Å². The van der Waals surface area contributed by atoms with Crippen molar-refractivity contribution < 1.29 is 14.1 Å². The van der Waals surface area contributed by atoms with Gasteiger partial charge >= 0.3 is 11.8 Å². The van der Waals surface area contributed by atoms with E-state index in [9.17, 15) is 9.59 Å². The first-order valence-electron chi connectivity index (χ1n) is 5.74. The molecule has 0 N–H and O–H groups in total. The largest absolute Gasteiger partial charge is 0.349 e. The van der Waals surface area contributed by atoms with E-state index < -0.39 is 0 Å². The first kappa shape index (κ1) is 10.6. The third kappa shape index (κ3) is 1.37. The number of carbonyl (C=O) groups excluding carboxylic acids is 2. The second-order valence-electron chi connectivity index (χ2n) is 4.69. The van der Waals surface area contributed by atoms with Crippen molar-refractivity contribution in [3.63, 3.8) is 0 Å². The van der Waals surface area contributed by atoms with E-state index >= 15 is 0 Å². The standard InChI is InChI=1S/C12H18NO2/c1-9-10(2)12(15)13(11(9)14)7-5-3-4-6-8-13/h3-8H2,1-2H3/q+1. The molecule has 3 heteroatoms. The van der Waals surface area contributed by atoms with Crippen molar-refractivity contribution in [2.75, 3.05) is 13.1 Å². The van der Waals surface area contributed by atoms with E-state index in [2.05, 4.69) is 0 Å². The molecule has 82 valence electrons. The van der Waals surface area contributed by atoms with E-state index in [0.29, 0.717) is 24.2 Å². The molecule has 2 amide bonds. The minimum Gasteiger partial charge on any atom is -0.225 e. The molecule has 0 aromatic heterocycles. The third-order valence-electron chi connectivity index (χ3n) is 3.81. The van der Waals surface area contributed by atoms with E-state index in [4.69, 9.17) is 0 Å². The number of nitrogens with zero attached hydrogens (tertiary/aromatic N) is 1. The van der Waals surface area contributed by atoms with Crippen LogP contribution in [0.15, 0.2) is 11.1 Å². The Bertz CT molecular complexity index is 321. The van der Waals surface area contributed by atoms with Crippen LogP contribution in [0.25, 0.3) is 0 Å². The fraction of sp³-hybridized carbons (Fsp3) is 0.667. The molecule has 0 bridgehead atoms. The van der Waals surface area contributed by atoms with Gasteiger partial charge in [-0.25, -0.2) is 9.59 Å². The summed E-state index contributed by atoms with van der Waals surface area (Å²) in [6.45, 7) is 5.00. The van der Waals surface area contributed by atoms with E-state index in [1.54, 1.807) is 13.8 Å². The van der Waals surface area contributed by atoms with Gasteiger partial charge in [0.25, 0.3) is 0 Å². The molecule has 1 spiro atoms. The molecule has 15 heavy (non-hydrogen) atoms. The lowest BCUT2D eigenvalue weighted by Gasteiger charge is -2.27. The zero-order valence-electron chi connectivity index (χ0n) is 9.51. The van der Waals surface area contributed by atoms with Gasteiger partial charge in [-0.15, -0.1) is 0 Å². The van der Waals surface area contributed by atoms with Crippen LogP contribution in [0.5, 0.6) is 0 Å². The van der Waals surface area contributed by atoms with Gasteiger partial charge < -0.3 is 0 Å². The second-order valence-corrected chi connectivity index (χ2v) is 4.69. The van der Waals surface area contributed by atoms with Crippen molar-refractivity contribution in [3.05, 3.63) is 11.1 Å².